The first-order chi connectivity index (χ1) is 10.6. The SMILES string of the molecule is CC1CN(c2ccccc2NC(=O)NCC2CC2)CC(C)O1. The molecule has 5 nitrogen and oxygen atoms in total. The molecule has 2 fully saturated rings. The van der Waals surface area contributed by atoms with Gasteiger partial charge in [-0.3, -0.25) is 0 Å². The fourth-order valence-corrected chi connectivity index (χ4v) is 2.96. The van der Waals surface area contributed by atoms with E-state index in [4.69, 9.17) is 4.74 Å². The second-order valence-electron chi connectivity index (χ2n) is 6.46. The Morgan fingerprint density at radius 1 is 1.23 bits per heavy atom. The van der Waals surface area contributed by atoms with Gasteiger partial charge in [0.1, 0.15) is 0 Å². The monoisotopic (exact) mass is 303 g/mol. The van der Waals surface area contributed by atoms with E-state index in [2.05, 4.69) is 35.4 Å². The Balaban J connectivity index is 1.67. The number of urea groups is 1. The van der Waals surface area contributed by atoms with Gasteiger partial charge in [-0.15, -0.1) is 0 Å². The molecule has 1 heterocycles. The highest BCUT2D eigenvalue weighted by Crippen LogP contribution is 2.29. The quantitative estimate of drug-likeness (QED) is 0.899. The molecule has 22 heavy (non-hydrogen) atoms. The van der Waals surface area contributed by atoms with Gasteiger partial charge in [-0.05, 0) is 44.7 Å². The van der Waals surface area contributed by atoms with Crippen molar-refractivity contribution in [3.8, 4) is 0 Å². The fraction of sp³-hybridized carbons (Fsp3) is 0.588. The van der Waals surface area contributed by atoms with Crippen LogP contribution in [0.3, 0.4) is 0 Å². The minimum atomic E-state index is -0.117. The topological polar surface area (TPSA) is 53.6 Å². The van der Waals surface area contributed by atoms with Crippen molar-refractivity contribution in [2.45, 2.75) is 38.9 Å². The summed E-state index contributed by atoms with van der Waals surface area (Å²) in [5, 5.41) is 5.94. The van der Waals surface area contributed by atoms with Gasteiger partial charge in [-0.2, -0.15) is 0 Å². The van der Waals surface area contributed by atoms with E-state index in [9.17, 15) is 4.79 Å². The van der Waals surface area contributed by atoms with Crippen molar-refractivity contribution < 1.29 is 9.53 Å². The van der Waals surface area contributed by atoms with E-state index in [0.717, 1.165) is 31.0 Å². The lowest BCUT2D eigenvalue weighted by Crippen LogP contribution is -2.45. The Labute approximate surface area is 132 Å². The molecule has 1 aliphatic heterocycles. The largest absolute Gasteiger partial charge is 0.372 e. The molecule has 1 aliphatic carbocycles. The number of anilines is 2. The van der Waals surface area contributed by atoms with E-state index in [1.807, 2.05) is 18.2 Å². The second kappa shape index (κ2) is 6.57. The van der Waals surface area contributed by atoms with Crippen LogP contribution >= 0.6 is 0 Å². The van der Waals surface area contributed by atoms with Crippen molar-refractivity contribution >= 4 is 17.4 Å². The number of morpholine rings is 1. The highest BCUT2D eigenvalue weighted by Gasteiger charge is 2.25. The Bertz CT molecular complexity index is 520. The van der Waals surface area contributed by atoms with E-state index in [1.54, 1.807) is 0 Å². The van der Waals surface area contributed by atoms with Gasteiger partial charge >= 0.3 is 6.03 Å². The van der Waals surface area contributed by atoms with E-state index in [0.29, 0.717) is 5.92 Å². The maximum atomic E-state index is 12.0. The third-order valence-electron chi connectivity index (χ3n) is 4.16. The third-order valence-corrected chi connectivity index (χ3v) is 4.16. The van der Waals surface area contributed by atoms with Gasteiger partial charge in [0.05, 0.1) is 23.6 Å². The van der Waals surface area contributed by atoms with Crippen molar-refractivity contribution in [1.82, 2.24) is 5.32 Å². The molecule has 2 N–H and O–H groups in total. The number of para-hydroxylation sites is 2. The Kier molecular flexibility index (Phi) is 4.52. The van der Waals surface area contributed by atoms with Crippen molar-refractivity contribution in [1.29, 1.82) is 0 Å². The summed E-state index contributed by atoms with van der Waals surface area (Å²) in [6, 6.07) is 7.85. The second-order valence-corrected chi connectivity index (χ2v) is 6.46. The number of nitrogens with one attached hydrogen (secondary N) is 2. The van der Waals surface area contributed by atoms with Crippen LogP contribution in [0.5, 0.6) is 0 Å². The highest BCUT2D eigenvalue weighted by molar-refractivity contribution is 5.93. The van der Waals surface area contributed by atoms with E-state index < -0.39 is 0 Å². The number of carbonyl (C=O) groups excluding carboxylic acids is 1. The molecule has 2 unspecified atom stereocenters. The summed E-state index contributed by atoms with van der Waals surface area (Å²) >= 11 is 0. The Hall–Kier alpha value is -1.75. The Morgan fingerprint density at radius 3 is 2.59 bits per heavy atom. The van der Waals surface area contributed by atoms with Gasteiger partial charge < -0.3 is 20.3 Å². The van der Waals surface area contributed by atoms with Crippen LogP contribution in [0.1, 0.15) is 26.7 Å². The average Bonchev–Trinajstić information content (AvgIpc) is 3.29. The minimum absolute atomic E-state index is 0.117. The molecule has 0 bridgehead atoms. The number of rotatable bonds is 4. The number of benzene rings is 1. The summed E-state index contributed by atoms with van der Waals surface area (Å²) in [6.07, 6.45) is 2.86. The first kappa shape index (κ1) is 15.2. The standard InChI is InChI=1S/C17H25N3O2/c1-12-10-20(11-13(2)22-12)16-6-4-3-5-15(16)19-17(21)18-9-14-7-8-14/h3-6,12-14H,7-11H2,1-2H3,(H2,18,19,21). The molecule has 1 saturated carbocycles. The van der Waals surface area contributed by atoms with Gasteiger partial charge in [0.2, 0.25) is 0 Å². The number of amides is 2. The summed E-state index contributed by atoms with van der Waals surface area (Å²) < 4.78 is 5.79. The van der Waals surface area contributed by atoms with Crippen LogP contribution in [0.25, 0.3) is 0 Å². The lowest BCUT2D eigenvalue weighted by molar-refractivity contribution is -0.00517. The molecule has 1 aromatic carbocycles. The van der Waals surface area contributed by atoms with Gasteiger partial charge in [0, 0.05) is 19.6 Å². The highest BCUT2D eigenvalue weighted by atomic mass is 16.5. The average molecular weight is 303 g/mol. The number of carbonyl (C=O) groups is 1. The van der Waals surface area contributed by atoms with Crippen molar-refractivity contribution in [2.24, 2.45) is 5.92 Å². The van der Waals surface area contributed by atoms with Gasteiger partial charge in [0.15, 0.2) is 0 Å². The predicted octanol–water partition coefficient (Wildman–Crippen LogP) is 2.83. The van der Waals surface area contributed by atoms with Gasteiger partial charge in [-0.1, -0.05) is 12.1 Å². The van der Waals surface area contributed by atoms with E-state index in [1.165, 1.54) is 12.8 Å². The summed E-state index contributed by atoms with van der Waals surface area (Å²) in [5.41, 5.74) is 1.92. The molecule has 2 aliphatic rings. The number of nitrogens with zero attached hydrogens (tertiary/aromatic N) is 1. The third kappa shape index (κ3) is 3.91. The van der Waals surface area contributed by atoms with Crippen LogP contribution in [0, 0.1) is 5.92 Å². The molecular weight excluding hydrogens is 278 g/mol. The molecule has 3 rings (SSSR count). The normalized spacial score (nSPS) is 24.9. The zero-order valence-electron chi connectivity index (χ0n) is 13.3. The molecule has 0 spiro atoms. The summed E-state index contributed by atoms with van der Waals surface area (Å²) in [4.78, 5) is 14.3. The van der Waals surface area contributed by atoms with Gasteiger partial charge in [-0.25, -0.2) is 4.79 Å². The first-order valence-corrected chi connectivity index (χ1v) is 8.16. The van der Waals surface area contributed by atoms with E-state index >= 15 is 0 Å². The van der Waals surface area contributed by atoms with Crippen molar-refractivity contribution in [3.05, 3.63) is 24.3 Å². The molecule has 1 saturated heterocycles. The predicted molar refractivity (Wildman–Crippen MR) is 88.4 cm³/mol. The lowest BCUT2D eigenvalue weighted by Gasteiger charge is -2.37. The molecule has 120 valence electrons. The summed E-state index contributed by atoms with van der Waals surface area (Å²) in [6.45, 7) is 6.63. The van der Waals surface area contributed by atoms with Crippen LogP contribution in [0.2, 0.25) is 0 Å². The molecular formula is C17H25N3O2. The van der Waals surface area contributed by atoms with Crippen molar-refractivity contribution in [2.75, 3.05) is 29.9 Å². The maximum absolute atomic E-state index is 12.0. The van der Waals surface area contributed by atoms with Crippen LogP contribution in [0.4, 0.5) is 16.2 Å². The van der Waals surface area contributed by atoms with Crippen molar-refractivity contribution in [3.63, 3.8) is 0 Å². The maximum Gasteiger partial charge on any atom is 0.319 e. The van der Waals surface area contributed by atoms with Gasteiger partial charge in [0.25, 0.3) is 0 Å². The summed E-state index contributed by atoms with van der Waals surface area (Å²) in [7, 11) is 0. The van der Waals surface area contributed by atoms with Crippen LogP contribution in [0.15, 0.2) is 24.3 Å². The summed E-state index contributed by atoms with van der Waals surface area (Å²) in [5.74, 6) is 0.682. The lowest BCUT2D eigenvalue weighted by atomic mass is 10.1. The number of ether oxygens (including phenoxy) is 1. The molecule has 2 atom stereocenters. The smallest absolute Gasteiger partial charge is 0.319 e. The molecule has 1 aromatic rings. The molecule has 2 amide bonds. The zero-order valence-corrected chi connectivity index (χ0v) is 13.3. The first-order valence-electron chi connectivity index (χ1n) is 8.16. The molecule has 0 aromatic heterocycles. The van der Waals surface area contributed by atoms with Crippen LogP contribution in [-0.2, 0) is 4.74 Å². The number of hydrogen-bond donors (Lipinski definition) is 2. The fourth-order valence-electron chi connectivity index (χ4n) is 2.96. The van der Waals surface area contributed by atoms with Crippen LogP contribution in [-0.4, -0.2) is 37.9 Å². The number of hydrogen-bond acceptors (Lipinski definition) is 3. The Morgan fingerprint density at radius 2 is 1.91 bits per heavy atom. The zero-order chi connectivity index (χ0) is 15.5. The van der Waals surface area contributed by atoms with E-state index in [-0.39, 0.29) is 18.2 Å². The minimum Gasteiger partial charge on any atom is -0.372 e. The van der Waals surface area contributed by atoms with Crippen LogP contribution < -0.4 is 15.5 Å². The molecule has 5 heteroatoms. The molecule has 0 radical (unpaired) electrons.